The number of hydrogen-bond donors (Lipinski definition) is 0. The van der Waals surface area contributed by atoms with Crippen LogP contribution in [-0.4, -0.2) is 46.4 Å². The maximum atomic E-state index is 13.0. The molecule has 1 aliphatic heterocycles. The highest BCUT2D eigenvalue weighted by molar-refractivity contribution is 7.89. The molecule has 0 saturated carbocycles. The second-order valence-corrected chi connectivity index (χ2v) is 8.56. The molecule has 0 unspecified atom stereocenters. The van der Waals surface area contributed by atoms with Crippen LogP contribution in [0.1, 0.15) is 13.8 Å². The van der Waals surface area contributed by atoms with E-state index in [1.54, 1.807) is 13.8 Å². The lowest BCUT2D eigenvalue weighted by Gasteiger charge is -2.40. The minimum atomic E-state index is -4.95. The summed E-state index contributed by atoms with van der Waals surface area (Å²) in [6.07, 6.45) is 0. The van der Waals surface area contributed by atoms with Crippen LogP contribution in [0.4, 0.5) is 3.89 Å². The van der Waals surface area contributed by atoms with Crippen LogP contribution in [-0.2, 0) is 25.0 Å². The summed E-state index contributed by atoms with van der Waals surface area (Å²) < 4.78 is 66.6. The Morgan fingerprint density at radius 2 is 1.81 bits per heavy atom. The number of benzene rings is 1. The largest absolute Gasteiger partial charge is 0.378 e. The van der Waals surface area contributed by atoms with Crippen molar-refractivity contribution in [2.45, 2.75) is 29.2 Å². The molecule has 0 aliphatic carbocycles. The van der Waals surface area contributed by atoms with Gasteiger partial charge in [-0.3, -0.25) is 0 Å². The molecule has 0 atom stereocenters. The quantitative estimate of drug-likeness (QED) is 0.773. The van der Waals surface area contributed by atoms with Gasteiger partial charge in [0, 0.05) is 6.54 Å². The van der Waals surface area contributed by atoms with Crippen molar-refractivity contribution in [2.75, 3.05) is 19.8 Å². The highest BCUT2D eigenvalue weighted by atomic mass is 32.3. The summed E-state index contributed by atoms with van der Waals surface area (Å²) >= 11 is 0. The van der Waals surface area contributed by atoms with Crippen LogP contribution in [0.25, 0.3) is 0 Å². The van der Waals surface area contributed by atoms with Gasteiger partial charge in [-0.25, -0.2) is 8.42 Å². The van der Waals surface area contributed by atoms with Crippen molar-refractivity contribution in [1.82, 2.24) is 4.31 Å². The van der Waals surface area contributed by atoms with Crippen LogP contribution in [0.5, 0.6) is 0 Å². The van der Waals surface area contributed by atoms with E-state index < -0.39 is 30.7 Å². The van der Waals surface area contributed by atoms with Crippen molar-refractivity contribution in [3.05, 3.63) is 24.3 Å². The zero-order valence-corrected chi connectivity index (χ0v) is 13.2. The standard InChI is InChI=1S/C12H16FNO5S2/c1-12(2)9-19-7-6-14(12)21(17,18)11-5-3-4-10(8-11)20(13,15)16/h3-5,8H,6-7,9H2,1-2H3. The first-order valence-electron chi connectivity index (χ1n) is 6.20. The Morgan fingerprint density at radius 3 is 2.38 bits per heavy atom. The predicted octanol–water partition coefficient (Wildman–Crippen LogP) is 1.14. The molecule has 1 aliphatic rings. The van der Waals surface area contributed by atoms with Gasteiger partial charge in [0.15, 0.2) is 0 Å². The smallest absolute Gasteiger partial charge is 0.332 e. The maximum absolute atomic E-state index is 13.0. The molecule has 6 nitrogen and oxygen atoms in total. The second-order valence-electron chi connectivity index (χ2n) is 5.35. The van der Waals surface area contributed by atoms with E-state index in [0.29, 0.717) is 0 Å². The third-order valence-corrected chi connectivity index (χ3v) is 6.17. The first kappa shape index (κ1) is 16.3. The fraction of sp³-hybridized carbons (Fsp3) is 0.500. The van der Waals surface area contributed by atoms with Crippen LogP contribution in [0.15, 0.2) is 34.1 Å². The third-order valence-electron chi connectivity index (χ3n) is 3.24. The fourth-order valence-corrected chi connectivity index (χ4v) is 4.59. The van der Waals surface area contributed by atoms with Crippen LogP contribution >= 0.6 is 0 Å². The number of hydrogen-bond acceptors (Lipinski definition) is 5. The number of nitrogens with zero attached hydrogens (tertiary/aromatic N) is 1. The molecule has 0 bridgehead atoms. The average Bonchev–Trinajstić information content (AvgIpc) is 2.37. The first-order valence-corrected chi connectivity index (χ1v) is 9.03. The molecule has 0 radical (unpaired) electrons. The van der Waals surface area contributed by atoms with E-state index in [4.69, 9.17) is 4.74 Å². The molecule has 9 heteroatoms. The van der Waals surface area contributed by atoms with Gasteiger partial charge in [0.05, 0.1) is 28.5 Å². The van der Waals surface area contributed by atoms with Crippen molar-refractivity contribution in [1.29, 1.82) is 0 Å². The topological polar surface area (TPSA) is 80.8 Å². The van der Waals surface area contributed by atoms with Crippen LogP contribution < -0.4 is 0 Å². The lowest BCUT2D eigenvalue weighted by Crippen LogP contribution is -2.55. The molecule has 0 amide bonds. The van der Waals surface area contributed by atoms with Gasteiger partial charge < -0.3 is 4.74 Å². The number of halogens is 1. The number of morpholine rings is 1. The Balaban J connectivity index is 2.50. The molecule has 1 aromatic rings. The van der Waals surface area contributed by atoms with E-state index in [-0.39, 0.29) is 24.7 Å². The van der Waals surface area contributed by atoms with E-state index >= 15 is 0 Å². The van der Waals surface area contributed by atoms with E-state index in [1.165, 1.54) is 16.4 Å². The monoisotopic (exact) mass is 337 g/mol. The molecular formula is C12H16FNO5S2. The summed E-state index contributed by atoms with van der Waals surface area (Å²) in [4.78, 5) is -0.925. The van der Waals surface area contributed by atoms with Crippen LogP contribution in [0.2, 0.25) is 0 Å². The van der Waals surface area contributed by atoms with Gasteiger partial charge in [-0.1, -0.05) is 6.07 Å². The van der Waals surface area contributed by atoms with E-state index in [1.807, 2.05) is 0 Å². The normalized spacial score (nSPS) is 20.3. The van der Waals surface area contributed by atoms with Gasteiger partial charge in [0.2, 0.25) is 10.0 Å². The molecule has 2 rings (SSSR count). The molecule has 1 heterocycles. The van der Waals surface area contributed by atoms with Gasteiger partial charge in [0.25, 0.3) is 0 Å². The molecule has 0 spiro atoms. The van der Waals surface area contributed by atoms with Gasteiger partial charge in [-0.05, 0) is 32.0 Å². The minimum absolute atomic E-state index is 0.155. The molecule has 21 heavy (non-hydrogen) atoms. The third kappa shape index (κ3) is 3.25. The minimum Gasteiger partial charge on any atom is -0.378 e. The van der Waals surface area contributed by atoms with Crippen molar-refractivity contribution < 1.29 is 25.5 Å². The highest BCUT2D eigenvalue weighted by Gasteiger charge is 2.40. The highest BCUT2D eigenvalue weighted by Crippen LogP contribution is 2.28. The summed E-state index contributed by atoms with van der Waals surface area (Å²) in [7, 11) is -8.88. The average molecular weight is 337 g/mol. The molecule has 0 N–H and O–H groups in total. The van der Waals surface area contributed by atoms with Gasteiger partial charge in [-0.2, -0.15) is 12.7 Å². The Morgan fingerprint density at radius 1 is 1.19 bits per heavy atom. The Labute approximate surface area is 123 Å². The summed E-state index contributed by atoms with van der Waals surface area (Å²) in [5.74, 6) is 0. The Kier molecular flexibility index (Phi) is 4.13. The van der Waals surface area contributed by atoms with E-state index in [0.717, 1.165) is 12.1 Å². The number of rotatable bonds is 3. The lowest BCUT2D eigenvalue weighted by atomic mass is 10.1. The van der Waals surface area contributed by atoms with Crippen LogP contribution in [0.3, 0.4) is 0 Å². The Hall–Kier alpha value is -1.03. The number of sulfonamides is 1. The molecule has 0 aromatic heterocycles. The maximum Gasteiger partial charge on any atom is 0.332 e. The second kappa shape index (κ2) is 5.31. The van der Waals surface area contributed by atoms with Crippen molar-refractivity contribution in [3.8, 4) is 0 Å². The summed E-state index contributed by atoms with van der Waals surface area (Å²) in [5, 5.41) is 0. The zero-order valence-electron chi connectivity index (χ0n) is 11.6. The van der Waals surface area contributed by atoms with Crippen LogP contribution in [0, 0.1) is 0 Å². The molecule has 1 aromatic carbocycles. The lowest BCUT2D eigenvalue weighted by molar-refractivity contribution is -0.00771. The molecule has 1 fully saturated rings. The van der Waals surface area contributed by atoms with Crippen molar-refractivity contribution in [3.63, 3.8) is 0 Å². The first-order chi connectivity index (χ1) is 9.55. The van der Waals surface area contributed by atoms with Gasteiger partial charge in [-0.15, -0.1) is 3.89 Å². The Bertz CT molecular complexity index is 743. The van der Waals surface area contributed by atoms with Gasteiger partial charge >= 0.3 is 10.2 Å². The predicted molar refractivity (Wildman–Crippen MR) is 73.5 cm³/mol. The van der Waals surface area contributed by atoms with Crippen molar-refractivity contribution >= 4 is 20.2 Å². The fourth-order valence-electron chi connectivity index (χ4n) is 2.20. The number of ether oxygens (including phenoxy) is 1. The SMILES string of the molecule is CC1(C)COCCN1S(=O)(=O)c1cccc(S(=O)(=O)F)c1. The molecular weight excluding hydrogens is 321 g/mol. The zero-order chi connectivity index (χ0) is 15.9. The molecule has 118 valence electrons. The van der Waals surface area contributed by atoms with E-state index in [9.17, 15) is 20.7 Å². The molecule has 1 saturated heterocycles. The van der Waals surface area contributed by atoms with Gasteiger partial charge in [0.1, 0.15) is 0 Å². The summed E-state index contributed by atoms with van der Waals surface area (Å²) in [6.45, 7) is 4.05. The summed E-state index contributed by atoms with van der Waals surface area (Å²) in [5.41, 5.74) is -0.762. The van der Waals surface area contributed by atoms with E-state index in [2.05, 4.69) is 0 Å². The van der Waals surface area contributed by atoms with Crippen molar-refractivity contribution in [2.24, 2.45) is 0 Å². The summed E-state index contributed by atoms with van der Waals surface area (Å²) in [6, 6.07) is 4.29.